The van der Waals surface area contributed by atoms with Gasteiger partial charge in [0.05, 0.1) is 0 Å². The van der Waals surface area contributed by atoms with Crippen LogP contribution < -0.4 is 10.6 Å². The van der Waals surface area contributed by atoms with Crippen LogP contribution in [0.2, 0.25) is 0 Å². The first-order valence-corrected chi connectivity index (χ1v) is 10.6. The number of ether oxygens (including phenoxy) is 1. The number of guanidine groups is 1. The molecular weight excluding hydrogens is 453 g/mol. The number of hydrogen-bond donors (Lipinski definition) is 2. The molecule has 0 aromatic heterocycles. The lowest BCUT2D eigenvalue weighted by Crippen LogP contribution is -2.55. The van der Waals surface area contributed by atoms with E-state index in [1.54, 1.807) is 0 Å². The minimum atomic E-state index is 0. The molecule has 0 radical (unpaired) electrons. The highest BCUT2D eigenvalue weighted by molar-refractivity contribution is 14.0. The molecule has 0 aromatic rings. The van der Waals surface area contributed by atoms with Gasteiger partial charge in [-0.25, -0.2) is 0 Å². The van der Waals surface area contributed by atoms with Gasteiger partial charge in [0.2, 0.25) is 0 Å². The summed E-state index contributed by atoms with van der Waals surface area (Å²) >= 11 is 0. The topological polar surface area (TPSA) is 52.1 Å². The van der Waals surface area contributed by atoms with E-state index in [1.165, 1.54) is 25.7 Å². The highest BCUT2D eigenvalue weighted by atomic mass is 127. The van der Waals surface area contributed by atoms with Gasteiger partial charge in [0.1, 0.15) is 0 Å². The molecule has 160 valence electrons. The van der Waals surface area contributed by atoms with Gasteiger partial charge >= 0.3 is 0 Å². The Kier molecular flexibility index (Phi) is 12.2. The van der Waals surface area contributed by atoms with Gasteiger partial charge in [-0.2, -0.15) is 0 Å². The lowest BCUT2D eigenvalue weighted by atomic mass is 9.83. The van der Waals surface area contributed by atoms with Gasteiger partial charge in [-0.15, -0.1) is 24.0 Å². The van der Waals surface area contributed by atoms with Crippen LogP contribution in [0, 0.1) is 5.41 Å². The van der Waals surface area contributed by atoms with Crippen LogP contribution in [0.25, 0.3) is 0 Å². The van der Waals surface area contributed by atoms with Crippen molar-refractivity contribution in [2.24, 2.45) is 10.4 Å². The molecule has 1 aliphatic carbocycles. The lowest BCUT2D eigenvalue weighted by Gasteiger charge is -2.38. The van der Waals surface area contributed by atoms with Gasteiger partial charge in [0.25, 0.3) is 0 Å². The Labute approximate surface area is 183 Å². The fraction of sp³-hybridized carbons (Fsp3) is 0.950. The van der Waals surface area contributed by atoms with Gasteiger partial charge in [-0.1, -0.05) is 12.8 Å². The molecule has 2 rings (SSSR count). The highest BCUT2D eigenvalue weighted by Crippen LogP contribution is 2.41. The molecular formula is C20H42IN5O. The van der Waals surface area contributed by atoms with Gasteiger partial charge < -0.3 is 20.3 Å². The SMILES string of the molecule is CCNC(=NCC1(CCOCC)CCCC1)NCC1CN(C)CCN1C.I. The van der Waals surface area contributed by atoms with E-state index < -0.39 is 0 Å². The molecule has 0 spiro atoms. The standard InChI is InChI=1S/C20H41N5O.HI/c1-5-21-19(22-15-18-16-24(3)12-13-25(18)4)23-17-20(9-7-8-10-20)11-14-26-6-2;/h18H,5-17H2,1-4H3,(H2,21,22,23);1H. The Hall–Kier alpha value is -0.120. The molecule has 2 fully saturated rings. The molecule has 1 aliphatic heterocycles. The van der Waals surface area contributed by atoms with Crippen molar-refractivity contribution in [1.29, 1.82) is 0 Å². The Morgan fingerprint density at radius 3 is 2.56 bits per heavy atom. The summed E-state index contributed by atoms with van der Waals surface area (Å²) in [4.78, 5) is 9.85. The van der Waals surface area contributed by atoms with Crippen LogP contribution >= 0.6 is 24.0 Å². The maximum atomic E-state index is 5.63. The Bertz CT molecular complexity index is 429. The average molecular weight is 495 g/mol. The predicted molar refractivity (Wildman–Crippen MR) is 125 cm³/mol. The first-order chi connectivity index (χ1) is 12.6. The number of likely N-dealkylation sites (N-methyl/N-ethyl adjacent to an activating group) is 2. The second-order valence-corrected chi connectivity index (χ2v) is 8.13. The summed E-state index contributed by atoms with van der Waals surface area (Å²) in [7, 11) is 4.44. The molecule has 27 heavy (non-hydrogen) atoms. The van der Waals surface area contributed by atoms with Crippen LogP contribution in [-0.4, -0.2) is 88.4 Å². The number of hydrogen-bond acceptors (Lipinski definition) is 4. The summed E-state index contributed by atoms with van der Waals surface area (Å²) < 4.78 is 5.63. The van der Waals surface area contributed by atoms with Crippen LogP contribution in [0.5, 0.6) is 0 Å². The van der Waals surface area contributed by atoms with Crippen molar-refractivity contribution < 1.29 is 4.74 Å². The van der Waals surface area contributed by atoms with Crippen LogP contribution in [0.4, 0.5) is 0 Å². The lowest BCUT2D eigenvalue weighted by molar-refractivity contribution is 0.107. The van der Waals surface area contributed by atoms with Crippen LogP contribution in [-0.2, 0) is 4.74 Å². The van der Waals surface area contributed by atoms with E-state index >= 15 is 0 Å². The number of halogens is 1. The summed E-state index contributed by atoms with van der Waals surface area (Å²) in [5.74, 6) is 0.969. The molecule has 0 bridgehead atoms. The minimum absolute atomic E-state index is 0. The molecule has 6 nitrogen and oxygen atoms in total. The van der Waals surface area contributed by atoms with E-state index in [-0.39, 0.29) is 24.0 Å². The Balaban J connectivity index is 0.00000364. The summed E-state index contributed by atoms with van der Waals surface area (Å²) in [5, 5.41) is 7.02. The summed E-state index contributed by atoms with van der Waals surface area (Å²) in [5.41, 5.74) is 0.347. The molecule has 2 aliphatic rings. The number of nitrogens with zero attached hydrogens (tertiary/aromatic N) is 3. The van der Waals surface area contributed by atoms with Crippen molar-refractivity contribution in [2.45, 2.75) is 52.0 Å². The monoisotopic (exact) mass is 495 g/mol. The molecule has 2 N–H and O–H groups in total. The average Bonchev–Trinajstić information content (AvgIpc) is 3.09. The third kappa shape index (κ3) is 8.41. The Morgan fingerprint density at radius 1 is 1.15 bits per heavy atom. The maximum Gasteiger partial charge on any atom is 0.191 e. The molecule has 1 saturated heterocycles. The van der Waals surface area contributed by atoms with E-state index in [4.69, 9.17) is 9.73 Å². The number of piperazine rings is 1. The Morgan fingerprint density at radius 2 is 1.89 bits per heavy atom. The van der Waals surface area contributed by atoms with E-state index in [2.05, 4.69) is 48.4 Å². The third-order valence-electron chi connectivity index (χ3n) is 6.05. The van der Waals surface area contributed by atoms with Crippen LogP contribution in [0.3, 0.4) is 0 Å². The van der Waals surface area contributed by atoms with Gasteiger partial charge in [0.15, 0.2) is 5.96 Å². The second kappa shape index (κ2) is 13.2. The molecule has 7 heteroatoms. The largest absolute Gasteiger partial charge is 0.382 e. The molecule has 0 aromatic carbocycles. The van der Waals surface area contributed by atoms with E-state index in [1.807, 2.05) is 0 Å². The fourth-order valence-corrected chi connectivity index (χ4v) is 4.17. The van der Waals surface area contributed by atoms with Crippen molar-refractivity contribution >= 4 is 29.9 Å². The van der Waals surface area contributed by atoms with Gasteiger partial charge in [-0.05, 0) is 52.6 Å². The van der Waals surface area contributed by atoms with Crippen molar-refractivity contribution in [3.8, 4) is 0 Å². The maximum absolute atomic E-state index is 5.63. The predicted octanol–water partition coefficient (Wildman–Crippen LogP) is 2.39. The van der Waals surface area contributed by atoms with E-state index in [9.17, 15) is 0 Å². The molecule has 0 amide bonds. The second-order valence-electron chi connectivity index (χ2n) is 8.13. The number of rotatable bonds is 9. The first-order valence-electron chi connectivity index (χ1n) is 10.6. The zero-order valence-electron chi connectivity index (χ0n) is 17.9. The van der Waals surface area contributed by atoms with Crippen molar-refractivity contribution in [1.82, 2.24) is 20.4 Å². The van der Waals surface area contributed by atoms with Crippen LogP contribution in [0.1, 0.15) is 46.0 Å². The van der Waals surface area contributed by atoms with E-state index in [0.717, 1.165) is 64.9 Å². The smallest absolute Gasteiger partial charge is 0.191 e. The quantitative estimate of drug-likeness (QED) is 0.223. The fourth-order valence-electron chi connectivity index (χ4n) is 4.17. The third-order valence-corrected chi connectivity index (χ3v) is 6.05. The van der Waals surface area contributed by atoms with E-state index in [0.29, 0.717) is 11.5 Å². The highest BCUT2D eigenvalue weighted by Gasteiger charge is 2.33. The number of aliphatic imine (C=N–C) groups is 1. The minimum Gasteiger partial charge on any atom is -0.382 e. The van der Waals surface area contributed by atoms with Gasteiger partial charge in [0, 0.05) is 58.5 Å². The van der Waals surface area contributed by atoms with Crippen molar-refractivity contribution in [3.05, 3.63) is 0 Å². The normalized spacial score (nSPS) is 23.9. The van der Waals surface area contributed by atoms with Gasteiger partial charge in [-0.3, -0.25) is 9.89 Å². The first kappa shape index (κ1) is 24.9. The summed E-state index contributed by atoms with van der Waals surface area (Å²) in [6, 6.07) is 0.538. The zero-order chi connectivity index (χ0) is 18.8. The zero-order valence-corrected chi connectivity index (χ0v) is 20.3. The summed E-state index contributed by atoms with van der Waals surface area (Å²) in [6.07, 6.45) is 6.40. The molecule has 1 heterocycles. The van der Waals surface area contributed by atoms with Crippen molar-refractivity contribution in [3.63, 3.8) is 0 Å². The van der Waals surface area contributed by atoms with Crippen molar-refractivity contribution in [2.75, 3.05) is 66.6 Å². The van der Waals surface area contributed by atoms with Crippen LogP contribution in [0.15, 0.2) is 4.99 Å². The molecule has 1 unspecified atom stereocenters. The molecule has 1 atom stereocenters. The summed E-state index contributed by atoms with van der Waals surface area (Å²) in [6.45, 7) is 12.1. The number of nitrogens with one attached hydrogen (secondary N) is 2. The molecule has 1 saturated carbocycles.